The van der Waals surface area contributed by atoms with Crippen LogP contribution in [-0.4, -0.2) is 140 Å². The van der Waals surface area contributed by atoms with Gasteiger partial charge in [0.25, 0.3) is 0 Å². The number of hydrogen-bond acceptors (Lipinski definition) is 13. The first-order valence-corrected chi connectivity index (χ1v) is 21.7. The molecule has 2 aliphatic heterocycles. The SMILES string of the molecule is CCCC/C=C/CC/C=C/CC/C=C/C(O)C(COC1OC(CO)C(OC2OC(CO)C(O)C(O)C2O)C(O)C1O)NC(=O)CCCCCCCCCCCCC. The predicted molar refractivity (Wildman–Crippen MR) is 217 cm³/mol. The van der Waals surface area contributed by atoms with Crippen molar-refractivity contribution in [3.05, 3.63) is 36.5 Å². The van der Waals surface area contributed by atoms with Crippen molar-refractivity contribution in [3.8, 4) is 0 Å². The van der Waals surface area contributed by atoms with Crippen molar-refractivity contribution in [1.29, 1.82) is 0 Å². The summed E-state index contributed by atoms with van der Waals surface area (Å²) in [7, 11) is 0. The van der Waals surface area contributed by atoms with Gasteiger partial charge in [-0.1, -0.05) is 127 Å². The first-order valence-electron chi connectivity index (χ1n) is 21.7. The number of carbonyl (C=O) groups excluding carboxylic acids is 1. The summed E-state index contributed by atoms with van der Waals surface area (Å²) in [6.07, 6.45) is 14.9. The topological polar surface area (TPSA) is 228 Å². The van der Waals surface area contributed by atoms with Gasteiger partial charge in [0.15, 0.2) is 12.6 Å². The van der Waals surface area contributed by atoms with Gasteiger partial charge < -0.3 is 65.1 Å². The van der Waals surface area contributed by atoms with Gasteiger partial charge in [0.05, 0.1) is 32.0 Å². The fourth-order valence-corrected chi connectivity index (χ4v) is 6.89. The smallest absolute Gasteiger partial charge is 0.220 e. The molecule has 2 saturated heterocycles. The molecule has 0 aromatic rings. The molecule has 0 spiro atoms. The molecule has 0 radical (unpaired) electrons. The third kappa shape index (κ3) is 19.9. The second-order valence-corrected chi connectivity index (χ2v) is 15.5. The van der Waals surface area contributed by atoms with E-state index in [1.807, 2.05) is 6.08 Å². The van der Waals surface area contributed by atoms with Crippen molar-refractivity contribution >= 4 is 5.91 Å². The number of allylic oxidation sites excluding steroid dienone is 5. The van der Waals surface area contributed by atoms with Gasteiger partial charge in [-0.05, 0) is 38.5 Å². The Balaban J connectivity index is 1.95. The van der Waals surface area contributed by atoms with Crippen LogP contribution in [0.15, 0.2) is 36.5 Å². The highest BCUT2D eigenvalue weighted by Crippen LogP contribution is 2.30. The van der Waals surface area contributed by atoms with Crippen LogP contribution >= 0.6 is 0 Å². The van der Waals surface area contributed by atoms with Crippen molar-refractivity contribution in [2.45, 2.75) is 209 Å². The average molecular weight is 816 g/mol. The Bertz CT molecular complexity index is 1100. The van der Waals surface area contributed by atoms with E-state index >= 15 is 0 Å². The zero-order valence-electron chi connectivity index (χ0n) is 34.6. The fraction of sp³-hybridized carbons (Fsp3) is 0.837. The van der Waals surface area contributed by atoms with Crippen molar-refractivity contribution in [1.82, 2.24) is 5.32 Å². The molecule has 0 aromatic heterocycles. The van der Waals surface area contributed by atoms with Crippen molar-refractivity contribution in [2.24, 2.45) is 0 Å². The van der Waals surface area contributed by atoms with Crippen LogP contribution in [-0.2, 0) is 23.7 Å². The molecular weight excluding hydrogens is 738 g/mol. The molecule has 12 unspecified atom stereocenters. The molecule has 14 heteroatoms. The summed E-state index contributed by atoms with van der Waals surface area (Å²) in [5.74, 6) is -0.259. The standard InChI is InChI=1S/C43H77NO13/c1-3-5-7-9-11-13-15-17-18-20-22-24-26-32(47)31(44-35(48)27-25-23-21-19-16-14-12-10-8-6-4-2)30-54-42-40(53)38(51)41(34(29-46)56-42)57-43-39(52)37(50)36(49)33(28-45)55-43/h9,11,17-18,24,26,31-34,36-43,45-47,49-53H,3-8,10,12-16,19-23,25,27-30H2,1-2H3,(H,44,48)/b11-9+,18-17+,26-24+. The molecule has 0 aromatic carbocycles. The van der Waals surface area contributed by atoms with Crippen LogP contribution in [0.1, 0.15) is 136 Å². The molecule has 2 aliphatic rings. The second kappa shape index (κ2) is 31.1. The van der Waals surface area contributed by atoms with Crippen molar-refractivity contribution < 1.29 is 64.6 Å². The number of amides is 1. The van der Waals surface area contributed by atoms with Crippen LogP contribution in [0.2, 0.25) is 0 Å². The maximum atomic E-state index is 13.0. The number of nitrogens with one attached hydrogen (secondary N) is 1. The lowest BCUT2D eigenvalue weighted by atomic mass is 9.97. The van der Waals surface area contributed by atoms with Gasteiger partial charge in [-0.25, -0.2) is 0 Å². The van der Waals surface area contributed by atoms with Gasteiger partial charge in [0.2, 0.25) is 5.91 Å². The lowest BCUT2D eigenvalue weighted by Crippen LogP contribution is -2.65. The quantitative estimate of drug-likeness (QED) is 0.0361. The zero-order chi connectivity index (χ0) is 41.8. The Morgan fingerprint density at radius 1 is 0.614 bits per heavy atom. The molecule has 57 heavy (non-hydrogen) atoms. The highest BCUT2D eigenvalue weighted by atomic mass is 16.7. The first kappa shape index (κ1) is 51.4. The van der Waals surface area contributed by atoms with Crippen LogP contribution in [0.25, 0.3) is 0 Å². The minimum Gasteiger partial charge on any atom is -0.394 e. The Kier molecular flexibility index (Phi) is 28.1. The molecule has 2 rings (SSSR count). The Hall–Kier alpha value is -1.79. The third-order valence-corrected chi connectivity index (χ3v) is 10.6. The van der Waals surface area contributed by atoms with Gasteiger partial charge in [0.1, 0.15) is 48.8 Å². The summed E-state index contributed by atoms with van der Waals surface area (Å²) in [5.41, 5.74) is 0. The summed E-state index contributed by atoms with van der Waals surface area (Å²) in [4.78, 5) is 13.0. The van der Waals surface area contributed by atoms with E-state index in [-0.39, 0.29) is 18.9 Å². The minimum absolute atomic E-state index is 0.259. The van der Waals surface area contributed by atoms with Gasteiger partial charge in [0, 0.05) is 6.42 Å². The van der Waals surface area contributed by atoms with E-state index in [0.29, 0.717) is 12.8 Å². The number of rotatable bonds is 31. The lowest BCUT2D eigenvalue weighted by Gasteiger charge is -2.46. The summed E-state index contributed by atoms with van der Waals surface area (Å²) >= 11 is 0. The average Bonchev–Trinajstić information content (AvgIpc) is 3.21. The number of aliphatic hydroxyl groups excluding tert-OH is 8. The monoisotopic (exact) mass is 816 g/mol. The van der Waals surface area contributed by atoms with Gasteiger partial charge in [-0.2, -0.15) is 0 Å². The molecule has 1 amide bonds. The molecular formula is C43H77NO13. The molecule has 9 N–H and O–H groups in total. The van der Waals surface area contributed by atoms with E-state index < -0.39 is 86.8 Å². The zero-order valence-corrected chi connectivity index (χ0v) is 34.6. The van der Waals surface area contributed by atoms with Gasteiger partial charge in [-0.3, -0.25) is 4.79 Å². The number of aliphatic hydroxyl groups is 8. The molecule has 14 nitrogen and oxygen atoms in total. The first-order chi connectivity index (χ1) is 27.6. The summed E-state index contributed by atoms with van der Waals surface area (Å²) in [6, 6.07) is -0.930. The van der Waals surface area contributed by atoms with Crippen LogP contribution in [0.4, 0.5) is 0 Å². The number of hydrogen-bond donors (Lipinski definition) is 9. The largest absolute Gasteiger partial charge is 0.394 e. The predicted octanol–water partition coefficient (Wildman–Crippen LogP) is 3.59. The van der Waals surface area contributed by atoms with Crippen LogP contribution in [0, 0.1) is 0 Å². The van der Waals surface area contributed by atoms with E-state index in [4.69, 9.17) is 18.9 Å². The summed E-state index contributed by atoms with van der Waals surface area (Å²) in [6.45, 7) is 2.66. The van der Waals surface area contributed by atoms with Gasteiger partial charge >= 0.3 is 0 Å². The lowest BCUT2D eigenvalue weighted by molar-refractivity contribution is -0.359. The Morgan fingerprint density at radius 3 is 1.70 bits per heavy atom. The van der Waals surface area contributed by atoms with E-state index in [1.54, 1.807) is 6.08 Å². The highest BCUT2D eigenvalue weighted by molar-refractivity contribution is 5.76. The molecule has 0 aliphatic carbocycles. The maximum Gasteiger partial charge on any atom is 0.220 e. The molecule has 2 heterocycles. The van der Waals surface area contributed by atoms with Crippen LogP contribution in [0.3, 0.4) is 0 Å². The van der Waals surface area contributed by atoms with E-state index in [0.717, 1.165) is 44.9 Å². The van der Waals surface area contributed by atoms with Crippen LogP contribution in [0.5, 0.6) is 0 Å². The Labute approximate surface area is 341 Å². The van der Waals surface area contributed by atoms with Crippen LogP contribution < -0.4 is 5.32 Å². The highest BCUT2D eigenvalue weighted by Gasteiger charge is 2.50. The molecule has 12 atom stereocenters. The van der Waals surface area contributed by atoms with Crippen molar-refractivity contribution in [3.63, 3.8) is 0 Å². The molecule has 0 saturated carbocycles. The number of ether oxygens (including phenoxy) is 4. The van der Waals surface area contributed by atoms with Crippen molar-refractivity contribution in [2.75, 3.05) is 19.8 Å². The van der Waals surface area contributed by atoms with Gasteiger partial charge in [-0.15, -0.1) is 0 Å². The summed E-state index contributed by atoms with van der Waals surface area (Å²) < 4.78 is 22.5. The third-order valence-electron chi connectivity index (χ3n) is 10.6. The fourth-order valence-electron chi connectivity index (χ4n) is 6.89. The summed E-state index contributed by atoms with van der Waals surface area (Å²) in [5, 5.41) is 86.2. The normalized spacial score (nSPS) is 29.4. The number of unbranched alkanes of at least 4 members (excludes halogenated alkanes) is 14. The van der Waals surface area contributed by atoms with E-state index in [9.17, 15) is 45.6 Å². The maximum absolute atomic E-state index is 13.0. The Morgan fingerprint density at radius 2 is 1.12 bits per heavy atom. The minimum atomic E-state index is -1.79. The van der Waals surface area contributed by atoms with E-state index in [2.05, 4.69) is 43.5 Å². The second-order valence-electron chi connectivity index (χ2n) is 15.5. The molecule has 2 fully saturated rings. The molecule has 332 valence electrons. The molecule has 0 bridgehead atoms. The van der Waals surface area contributed by atoms with E-state index in [1.165, 1.54) is 57.8 Å². The number of carbonyl (C=O) groups is 1.